The lowest BCUT2D eigenvalue weighted by atomic mass is 10.1. The van der Waals surface area contributed by atoms with E-state index in [1.807, 2.05) is 72.4 Å². The largest absolute Gasteiger partial charge is 0.355 e. The minimum atomic E-state index is -0.135. The Labute approximate surface area is 168 Å². The first-order valence-electron chi connectivity index (χ1n) is 8.96. The smallest absolute Gasteiger partial charge is 0.226 e. The predicted octanol–water partition coefficient (Wildman–Crippen LogP) is 3.26. The van der Waals surface area contributed by atoms with Crippen LogP contribution < -0.4 is 10.6 Å². The Kier molecular flexibility index (Phi) is 6.86. The van der Waals surface area contributed by atoms with Crippen LogP contribution in [-0.2, 0) is 23.1 Å². The van der Waals surface area contributed by atoms with E-state index in [2.05, 4.69) is 15.6 Å². The third kappa shape index (κ3) is 5.99. The molecule has 3 rings (SSSR count). The van der Waals surface area contributed by atoms with E-state index in [-0.39, 0.29) is 18.2 Å². The molecule has 0 bridgehead atoms. The van der Waals surface area contributed by atoms with Gasteiger partial charge in [0.2, 0.25) is 11.8 Å². The van der Waals surface area contributed by atoms with Crippen molar-refractivity contribution in [1.82, 2.24) is 14.9 Å². The molecule has 0 aliphatic rings. The maximum Gasteiger partial charge on any atom is 0.226 e. The number of anilines is 1. The van der Waals surface area contributed by atoms with Crippen molar-refractivity contribution >= 4 is 29.3 Å². The molecular weight excluding hydrogens is 372 g/mol. The molecule has 0 saturated carbocycles. The number of amides is 2. The summed E-state index contributed by atoms with van der Waals surface area (Å²) in [6.07, 6.45) is 4.20. The van der Waals surface area contributed by atoms with Crippen LogP contribution in [0.3, 0.4) is 0 Å². The third-order valence-electron chi connectivity index (χ3n) is 4.01. The number of carbonyl (C=O) groups excluding carboxylic acids is 2. The number of imidazole rings is 1. The molecule has 6 nitrogen and oxygen atoms in total. The molecule has 0 atom stereocenters. The molecule has 0 fully saturated rings. The van der Waals surface area contributed by atoms with E-state index in [1.54, 1.807) is 18.0 Å². The van der Waals surface area contributed by atoms with Gasteiger partial charge in [-0.25, -0.2) is 4.98 Å². The van der Waals surface area contributed by atoms with Crippen molar-refractivity contribution in [3.63, 3.8) is 0 Å². The second-order valence-corrected chi connectivity index (χ2v) is 7.30. The zero-order valence-electron chi connectivity index (χ0n) is 15.6. The van der Waals surface area contributed by atoms with Gasteiger partial charge in [-0.1, -0.05) is 42.1 Å². The summed E-state index contributed by atoms with van der Waals surface area (Å²) in [6.45, 7) is 0.310. The molecule has 0 aliphatic carbocycles. The lowest BCUT2D eigenvalue weighted by Crippen LogP contribution is -2.28. The Balaban J connectivity index is 1.39. The molecule has 0 radical (unpaired) electrons. The SMILES string of the molecule is Cn1ccnc1Sc1ccc(NC(=O)CCNC(=O)Cc2ccccc2)cc1. The van der Waals surface area contributed by atoms with Crippen molar-refractivity contribution < 1.29 is 9.59 Å². The molecule has 0 unspecified atom stereocenters. The predicted molar refractivity (Wildman–Crippen MR) is 110 cm³/mol. The van der Waals surface area contributed by atoms with Gasteiger partial charge in [0.25, 0.3) is 0 Å². The van der Waals surface area contributed by atoms with Crippen LogP contribution in [0.15, 0.2) is 77.0 Å². The molecular formula is C21H22N4O2S. The van der Waals surface area contributed by atoms with Crippen molar-refractivity contribution in [2.45, 2.75) is 22.9 Å². The van der Waals surface area contributed by atoms with Crippen molar-refractivity contribution in [3.05, 3.63) is 72.6 Å². The van der Waals surface area contributed by atoms with Gasteiger partial charge < -0.3 is 15.2 Å². The highest BCUT2D eigenvalue weighted by Crippen LogP contribution is 2.26. The molecule has 144 valence electrons. The van der Waals surface area contributed by atoms with E-state index in [1.165, 1.54) is 0 Å². The number of hydrogen-bond acceptors (Lipinski definition) is 4. The molecule has 3 aromatic rings. The zero-order chi connectivity index (χ0) is 19.8. The quantitative estimate of drug-likeness (QED) is 0.615. The normalized spacial score (nSPS) is 10.5. The monoisotopic (exact) mass is 394 g/mol. The molecule has 2 N–H and O–H groups in total. The number of nitrogens with zero attached hydrogens (tertiary/aromatic N) is 2. The standard InChI is InChI=1S/C21H22N4O2S/c1-25-14-13-23-21(25)28-18-9-7-17(8-10-18)24-19(26)11-12-22-20(27)15-16-5-3-2-4-6-16/h2-10,13-14H,11-12,15H2,1H3,(H,22,27)(H,24,26). The van der Waals surface area contributed by atoms with Gasteiger partial charge in [0.15, 0.2) is 5.16 Å². The van der Waals surface area contributed by atoms with Crippen LogP contribution in [0.1, 0.15) is 12.0 Å². The molecule has 1 aromatic heterocycles. The highest BCUT2D eigenvalue weighted by atomic mass is 32.2. The summed E-state index contributed by atoms with van der Waals surface area (Å²) >= 11 is 1.56. The van der Waals surface area contributed by atoms with E-state index >= 15 is 0 Å². The topological polar surface area (TPSA) is 76.0 Å². The Morgan fingerprint density at radius 1 is 1.04 bits per heavy atom. The first-order valence-corrected chi connectivity index (χ1v) is 9.77. The fraction of sp³-hybridized carbons (Fsp3) is 0.190. The number of hydrogen-bond donors (Lipinski definition) is 2. The summed E-state index contributed by atoms with van der Waals surface area (Å²) < 4.78 is 1.95. The number of nitrogens with one attached hydrogen (secondary N) is 2. The summed E-state index contributed by atoms with van der Waals surface area (Å²) in [5.74, 6) is -0.223. The Morgan fingerprint density at radius 2 is 1.79 bits per heavy atom. The van der Waals surface area contributed by atoms with Gasteiger partial charge >= 0.3 is 0 Å². The van der Waals surface area contributed by atoms with Crippen LogP contribution in [0.5, 0.6) is 0 Å². The molecule has 0 saturated heterocycles. The Morgan fingerprint density at radius 3 is 2.46 bits per heavy atom. The van der Waals surface area contributed by atoms with Gasteiger partial charge in [-0.2, -0.15) is 0 Å². The van der Waals surface area contributed by atoms with E-state index in [4.69, 9.17) is 0 Å². The van der Waals surface area contributed by atoms with Gasteiger partial charge in [-0.05, 0) is 29.8 Å². The van der Waals surface area contributed by atoms with Crippen LogP contribution in [0.4, 0.5) is 5.69 Å². The third-order valence-corrected chi connectivity index (χ3v) is 5.09. The summed E-state index contributed by atoms with van der Waals surface area (Å²) in [5, 5.41) is 6.52. The van der Waals surface area contributed by atoms with Crippen LogP contribution in [0, 0.1) is 0 Å². The number of aryl methyl sites for hydroxylation is 1. The lowest BCUT2D eigenvalue weighted by molar-refractivity contribution is -0.120. The Hall–Kier alpha value is -3.06. The summed E-state index contributed by atoms with van der Waals surface area (Å²) in [6, 6.07) is 17.1. The number of aromatic nitrogens is 2. The van der Waals surface area contributed by atoms with E-state index in [9.17, 15) is 9.59 Å². The maximum atomic E-state index is 12.1. The molecule has 2 amide bonds. The van der Waals surface area contributed by atoms with Crippen LogP contribution >= 0.6 is 11.8 Å². The first-order chi connectivity index (χ1) is 13.6. The summed E-state index contributed by atoms with van der Waals surface area (Å²) in [4.78, 5) is 29.3. The molecule has 0 aliphatic heterocycles. The van der Waals surface area contributed by atoms with Gasteiger partial charge in [-0.15, -0.1) is 0 Å². The summed E-state index contributed by atoms with van der Waals surface area (Å²) in [5.41, 5.74) is 1.68. The fourth-order valence-corrected chi connectivity index (χ4v) is 3.35. The Bertz CT molecular complexity index is 923. The summed E-state index contributed by atoms with van der Waals surface area (Å²) in [7, 11) is 1.95. The first kappa shape index (κ1) is 19.7. The lowest BCUT2D eigenvalue weighted by Gasteiger charge is -2.08. The van der Waals surface area contributed by atoms with Crippen molar-refractivity contribution in [1.29, 1.82) is 0 Å². The van der Waals surface area contributed by atoms with Crippen molar-refractivity contribution in [2.24, 2.45) is 7.05 Å². The zero-order valence-corrected chi connectivity index (χ0v) is 16.4. The highest BCUT2D eigenvalue weighted by Gasteiger charge is 2.07. The van der Waals surface area contributed by atoms with Gasteiger partial charge in [0.1, 0.15) is 0 Å². The van der Waals surface area contributed by atoms with Crippen LogP contribution in [0.2, 0.25) is 0 Å². The second-order valence-electron chi connectivity index (χ2n) is 6.26. The average molecular weight is 395 g/mol. The molecule has 2 aromatic carbocycles. The number of rotatable bonds is 8. The highest BCUT2D eigenvalue weighted by molar-refractivity contribution is 7.99. The van der Waals surface area contributed by atoms with Crippen molar-refractivity contribution in [2.75, 3.05) is 11.9 Å². The van der Waals surface area contributed by atoms with Crippen LogP contribution in [-0.4, -0.2) is 27.9 Å². The molecule has 1 heterocycles. The molecule has 28 heavy (non-hydrogen) atoms. The molecule has 0 spiro atoms. The van der Waals surface area contributed by atoms with Gasteiger partial charge in [0, 0.05) is 43.0 Å². The minimum absolute atomic E-state index is 0.0883. The average Bonchev–Trinajstić information content (AvgIpc) is 3.09. The molecule has 7 heteroatoms. The number of benzene rings is 2. The fourth-order valence-electron chi connectivity index (χ4n) is 2.54. The van der Waals surface area contributed by atoms with E-state index in [0.717, 1.165) is 21.3 Å². The van der Waals surface area contributed by atoms with Gasteiger partial charge in [-0.3, -0.25) is 9.59 Å². The van der Waals surface area contributed by atoms with E-state index < -0.39 is 0 Å². The van der Waals surface area contributed by atoms with Crippen LogP contribution in [0.25, 0.3) is 0 Å². The maximum absolute atomic E-state index is 12.1. The second kappa shape index (κ2) is 9.75. The van der Waals surface area contributed by atoms with E-state index in [0.29, 0.717) is 13.0 Å². The number of carbonyl (C=O) groups is 2. The van der Waals surface area contributed by atoms with Crippen molar-refractivity contribution in [3.8, 4) is 0 Å². The minimum Gasteiger partial charge on any atom is -0.355 e. The van der Waals surface area contributed by atoms with Gasteiger partial charge in [0.05, 0.1) is 6.42 Å².